The van der Waals surface area contributed by atoms with E-state index in [9.17, 15) is 4.79 Å². The number of hydrogen-bond donors (Lipinski definition) is 0. The van der Waals surface area contributed by atoms with Gasteiger partial charge in [-0.1, -0.05) is 46.0 Å². The minimum atomic E-state index is 0.0953. The van der Waals surface area contributed by atoms with Crippen molar-refractivity contribution in [2.75, 3.05) is 0 Å². The van der Waals surface area contributed by atoms with Gasteiger partial charge in [-0.25, -0.2) is 0 Å². The average molecular weight is 238 g/mol. The highest BCUT2D eigenvalue weighted by molar-refractivity contribution is 5.75. The summed E-state index contributed by atoms with van der Waals surface area (Å²) in [5.41, 5.74) is 0. The van der Waals surface area contributed by atoms with Gasteiger partial charge in [0.25, 0.3) is 0 Å². The van der Waals surface area contributed by atoms with Crippen molar-refractivity contribution in [1.29, 1.82) is 0 Å². The first-order chi connectivity index (χ1) is 8.26. The van der Waals surface area contributed by atoms with Crippen LogP contribution >= 0.6 is 0 Å². The van der Waals surface area contributed by atoms with Gasteiger partial charge < -0.3 is 4.74 Å². The largest absolute Gasteiger partial charge is 0.462 e. The lowest BCUT2D eigenvalue weighted by atomic mass is 9.72. The molecular formula is C15H26O2. The van der Waals surface area contributed by atoms with Crippen molar-refractivity contribution in [2.24, 2.45) is 17.8 Å². The third-order valence-corrected chi connectivity index (χ3v) is 4.65. The molecule has 1 saturated carbocycles. The third-order valence-electron chi connectivity index (χ3n) is 4.65. The lowest BCUT2D eigenvalue weighted by molar-refractivity contribution is -0.143. The van der Waals surface area contributed by atoms with Gasteiger partial charge in [-0.2, -0.15) is 0 Å². The molecule has 0 N–H and O–H groups in total. The highest BCUT2D eigenvalue weighted by atomic mass is 16.6. The summed E-state index contributed by atoms with van der Waals surface area (Å²) in [5.74, 6) is 1.60. The van der Waals surface area contributed by atoms with E-state index in [1.165, 1.54) is 32.1 Å². The maximum absolute atomic E-state index is 11.7. The molecule has 1 aliphatic carbocycles. The molecule has 2 nitrogen and oxygen atoms in total. The topological polar surface area (TPSA) is 26.3 Å². The normalized spacial score (nSPS) is 36.0. The van der Waals surface area contributed by atoms with E-state index < -0.39 is 0 Å². The van der Waals surface area contributed by atoms with Crippen LogP contribution in [0.2, 0.25) is 0 Å². The second-order valence-electron chi connectivity index (χ2n) is 5.84. The van der Waals surface area contributed by atoms with Gasteiger partial charge in [-0.05, 0) is 25.2 Å². The van der Waals surface area contributed by atoms with Crippen LogP contribution in [0.1, 0.15) is 65.2 Å². The maximum Gasteiger partial charge on any atom is 0.309 e. The molecule has 2 rings (SSSR count). The third kappa shape index (κ3) is 2.83. The maximum atomic E-state index is 11.7. The van der Waals surface area contributed by atoms with E-state index in [0.717, 1.165) is 25.2 Å². The fraction of sp³-hybridized carbons (Fsp3) is 0.933. The van der Waals surface area contributed by atoms with Crippen molar-refractivity contribution >= 4 is 5.97 Å². The van der Waals surface area contributed by atoms with Crippen LogP contribution < -0.4 is 0 Å². The number of ether oxygens (including phenoxy) is 1. The van der Waals surface area contributed by atoms with Crippen molar-refractivity contribution < 1.29 is 9.53 Å². The van der Waals surface area contributed by atoms with E-state index in [-0.39, 0.29) is 18.0 Å². The minimum absolute atomic E-state index is 0.0953. The Bertz CT molecular complexity index is 262. The first-order valence-corrected chi connectivity index (χ1v) is 7.46. The van der Waals surface area contributed by atoms with E-state index in [2.05, 4.69) is 13.8 Å². The standard InChI is InChI=1S/C15H26O2/c1-3-5-6-7-8-11-9-13-12(4-2)14(10-11)17-15(13)16/h11-14H,3-10H2,1-2H3. The molecule has 2 heteroatoms. The summed E-state index contributed by atoms with van der Waals surface area (Å²) >= 11 is 0. The Hall–Kier alpha value is -0.530. The number of unbranched alkanes of at least 4 members (excludes halogenated alkanes) is 3. The number of rotatable bonds is 6. The fourth-order valence-electron chi connectivity index (χ4n) is 3.68. The molecule has 1 aliphatic heterocycles. The lowest BCUT2D eigenvalue weighted by Crippen LogP contribution is -2.30. The van der Waals surface area contributed by atoms with E-state index in [4.69, 9.17) is 4.74 Å². The Labute approximate surface area is 105 Å². The highest BCUT2D eigenvalue weighted by Gasteiger charge is 2.48. The molecule has 2 fully saturated rings. The van der Waals surface area contributed by atoms with Crippen molar-refractivity contribution in [3.05, 3.63) is 0 Å². The van der Waals surface area contributed by atoms with Gasteiger partial charge in [0, 0.05) is 5.92 Å². The molecule has 0 amide bonds. The van der Waals surface area contributed by atoms with Gasteiger partial charge in [-0.15, -0.1) is 0 Å². The predicted molar refractivity (Wildman–Crippen MR) is 68.6 cm³/mol. The fourth-order valence-corrected chi connectivity index (χ4v) is 3.68. The molecule has 17 heavy (non-hydrogen) atoms. The molecular weight excluding hydrogens is 212 g/mol. The molecule has 1 heterocycles. The Morgan fingerprint density at radius 3 is 2.65 bits per heavy atom. The quantitative estimate of drug-likeness (QED) is 0.517. The number of carbonyl (C=O) groups is 1. The summed E-state index contributed by atoms with van der Waals surface area (Å²) in [4.78, 5) is 11.7. The average Bonchev–Trinajstić information content (AvgIpc) is 2.51. The highest BCUT2D eigenvalue weighted by Crippen LogP contribution is 2.45. The first kappa shape index (κ1) is 12.9. The van der Waals surface area contributed by atoms with Gasteiger partial charge in [0.1, 0.15) is 6.10 Å². The molecule has 2 aliphatic rings. The van der Waals surface area contributed by atoms with E-state index >= 15 is 0 Å². The zero-order valence-corrected chi connectivity index (χ0v) is 11.3. The van der Waals surface area contributed by atoms with Crippen LogP contribution in [-0.2, 0) is 9.53 Å². The molecule has 1 saturated heterocycles. The zero-order chi connectivity index (χ0) is 12.3. The number of fused-ring (bicyclic) bond motifs is 2. The zero-order valence-electron chi connectivity index (χ0n) is 11.3. The van der Waals surface area contributed by atoms with Crippen LogP contribution in [-0.4, -0.2) is 12.1 Å². The van der Waals surface area contributed by atoms with E-state index in [0.29, 0.717) is 5.92 Å². The summed E-state index contributed by atoms with van der Waals surface area (Å²) in [6, 6.07) is 0. The monoisotopic (exact) mass is 238 g/mol. The Balaban J connectivity index is 1.80. The predicted octanol–water partition coefficient (Wildman–Crippen LogP) is 3.93. The number of hydrogen-bond acceptors (Lipinski definition) is 2. The first-order valence-electron chi connectivity index (χ1n) is 7.46. The van der Waals surface area contributed by atoms with Crippen LogP contribution in [0.4, 0.5) is 0 Å². The van der Waals surface area contributed by atoms with Crippen molar-refractivity contribution in [1.82, 2.24) is 0 Å². The Kier molecular flexibility index (Phi) is 4.47. The summed E-state index contributed by atoms with van der Waals surface area (Å²) in [7, 11) is 0. The summed E-state index contributed by atoms with van der Waals surface area (Å²) in [5, 5.41) is 0. The molecule has 4 atom stereocenters. The molecule has 2 bridgehead atoms. The molecule has 0 aromatic heterocycles. The van der Waals surface area contributed by atoms with Crippen molar-refractivity contribution in [3.8, 4) is 0 Å². The molecule has 98 valence electrons. The van der Waals surface area contributed by atoms with Crippen LogP contribution in [0.5, 0.6) is 0 Å². The van der Waals surface area contributed by atoms with Crippen LogP contribution in [0.3, 0.4) is 0 Å². The number of esters is 1. The van der Waals surface area contributed by atoms with Gasteiger partial charge in [0.05, 0.1) is 5.92 Å². The van der Waals surface area contributed by atoms with Crippen LogP contribution in [0, 0.1) is 17.8 Å². The molecule has 4 unspecified atom stereocenters. The van der Waals surface area contributed by atoms with Crippen molar-refractivity contribution in [2.45, 2.75) is 71.3 Å². The lowest BCUT2D eigenvalue weighted by Gasteiger charge is -2.31. The second-order valence-corrected chi connectivity index (χ2v) is 5.84. The summed E-state index contributed by atoms with van der Waals surface area (Å²) in [6.07, 6.45) is 10.2. The SMILES string of the molecule is CCCCCCC1CC2OC(=O)C(C1)C2CC. The number of carbonyl (C=O) groups excluding carboxylic acids is 1. The van der Waals surface area contributed by atoms with E-state index in [1.54, 1.807) is 0 Å². The van der Waals surface area contributed by atoms with Crippen molar-refractivity contribution in [3.63, 3.8) is 0 Å². The van der Waals surface area contributed by atoms with Gasteiger partial charge >= 0.3 is 5.97 Å². The van der Waals surface area contributed by atoms with Gasteiger partial charge in [-0.3, -0.25) is 4.79 Å². The Morgan fingerprint density at radius 2 is 2.00 bits per heavy atom. The van der Waals surface area contributed by atoms with Crippen LogP contribution in [0.25, 0.3) is 0 Å². The van der Waals surface area contributed by atoms with Crippen LogP contribution in [0.15, 0.2) is 0 Å². The molecule has 0 radical (unpaired) electrons. The minimum Gasteiger partial charge on any atom is -0.462 e. The molecule has 0 aromatic rings. The second kappa shape index (κ2) is 5.88. The molecule has 0 spiro atoms. The van der Waals surface area contributed by atoms with Gasteiger partial charge in [0.2, 0.25) is 0 Å². The summed E-state index contributed by atoms with van der Waals surface area (Å²) < 4.78 is 5.51. The van der Waals surface area contributed by atoms with Gasteiger partial charge in [0.15, 0.2) is 0 Å². The summed E-state index contributed by atoms with van der Waals surface area (Å²) in [6.45, 7) is 4.44. The Morgan fingerprint density at radius 1 is 1.18 bits per heavy atom. The molecule has 0 aromatic carbocycles. The van der Waals surface area contributed by atoms with E-state index in [1.807, 2.05) is 0 Å². The smallest absolute Gasteiger partial charge is 0.309 e.